The second-order valence-electron chi connectivity index (χ2n) is 4.21. The highest BCUT2D eigenvalue weighted by molar-refractivity contribution is 6.05. The Morgan fingerprint density at radius 2 is 2.07 bits per heavy atom. The van der Waals surface area contributed by atoms with Crippen LogP contribution in [0.1, 0.15) is 20.3 Å². The molecule has 0 aromatic rings. The number of imide groups is 1. The second-order valence-corrected chi connectivity index (χ2v) is 4.21. The average Bonchev–Trinajstić information content (AvgIpc) is 2.28. The maximum absolute atomic E-state index is 11.6. The van der Waals surface area contributed by atoms with E-state index in [1.807, 2.05) is 0 Å². The molecule has 0 aromatic carbocycles. The zero-order chi connectivity index (χ0) is 10.9. The van der Waals surface area contributed by atoms with Crippen molar-refractivity contribution in [3.8, 4) is 0 Å². The van der Waals surface area contributed by atoms with Crippen molar-refractivity contribution < 1.29 is 19.8 Å². The molecule has 0 aliphatic carbocycles. The number of aliphatic hydroxyl groups is 2. The molecule has 1 unspecified atom stereocenters. The van der Waals surface area contributed by atoms with Gasteiger partial charge in [0.05, 0.1) is 24.7 Å². The van der Waals surface area contributed by atoms with Gasteiger partial charge in [-0.25, -0.2) is 0 Å². The van der Waals surface area contributed by atoms with Gasteiger partial charge < -0.3 is 10.2 Å². The van der Waals surface area contributed by atoms with Gasteiger partial charge in [-0.05, 0) is 0 Å². The van der Waals surface area contributed by atoms with Crippen LogP contribution in [0.2, 0.25) is 0 Å². The Kier molecular flexibility index (Phi) is 2.92. The zero-order valence-corrected chi connectivity index (χ0v) is 8.36. The summed E-state index contributed by atoms with van der Waals surface area (Å²) in [5.41, 5.74) is -0.674. The van der Waals surface area contributed by atoms with Gasteiger partial charge in [-0.1, -0.05) is 13.8 Å². The van der Waals surface area contributed by atoms with Crippen LogP contribution in [0.25, 0.3) is 0 Å². The van der Waals surface area contributed by atoms with Crippen LogP contribution < -0.4 is 0 Å². The van der Waals surface area contributed by atoms with E-state index in [-0.39, 0.29) is 24.8 Å². The Bertz CT molecular complexity index is 262. The molecule has 1 saturated heterocycles. The quantitative estimate of drug-likeness (QED) is 0.581. The fourth-order valence-corrected chi connectivity index (χ4v) is 1.48. The van der Waals surface area contributed by atoms with Crippen LogP contribution >= 0.6 is 0 Å². The van der Waals surface area contributed by atoms with Crippen molar-refractivity contribution in [3.05, 3.63) is 0 Å². The molecule has 0 saturated carbocycles. The summed E-state index contributed by atoms with van der Waals surface area (Å²) in [5, 5.41) is 17.7. The van der Waals surface area contributed by atoms with Gasteiger partial charge in [-0.15, -0.1) is 0 Å². The molecule has 80 valence electrons. The van der Waals surface area contributed by atoms with Crippen molar-refractivity contribution in [2.24, 2.45) is 5.41 Å². The smallest absolute Gasteiger partial charge is 0.235 e. The molecule has 5 heteroatoms. The van der Waals surface area contributed by atoms with Crippen LogP contribution in [0.3, 0.4) is 0 Å². The first kappa shape index (κ1) is 11.1. The lowest BCUT2D eigenvalue weighted by molar-refractivity contribution is -0.142. The Labute approximate surface area is 82.3 Å². The number of amides is 2. The van der Waals surface area contributed by atoms with Crippen LogP contribution in [0, 0.1) is 5.41 Å². The minimum absolute atomic E-state index is 0.113. The van der Waals surface area contributed by atoms with E-state index in [0.29, 0.717) is 0 Å². The molecule has 14 heavy (non-hydrogen) atoms. The molecule has 0 radical (unpaired) electrons. The summed E-state index contributed by atoms with van der Waals surface area (Å²) in [6, 6.07) is 0. The SMILES string of the molecule is CC1(C)CC(=O)N(CC(O)CO)C1=O. The summed E-state index contributed by atoms with van der Waals surface area (Å²) in [7, 11) is 0. The van der Waals surface area contributed by atoms with E-state index >= 15 is 0 Å². The molecule has 1 rings (SSSR count). The molecule has 2 N–H and O–H groups in total. The van der Waals surface area contributed by atoms with E-state index < -0.39 is 18.1 Å². The Morgan fingerprint density at radius 3 is 2.43 bits per heavy atom. The lowest BCUT2D eigenvalue weighted by Crippen LogP contribution is -2.39. The summed E-state index contributed by atoms with van der Waals surface area (Å²) < 4.78 is 0. The Morgan fingerprint density at radius 1 is 1.50 bits per heavy atom. The summed E-state index contributed by atoms with van der Waals surface area (Å²) in [6.07, 6.45) is -0.874. The lowest BCUT2D eigenvalue weighted by Gasteiger charge is -2.19. The number of hydrogen-bond acceptors (Lipinski definition) is 4. The van der Waals surface area contributed by atoms with Gasteiger partial charge in [0.15, 0.2) is 0 Å². The van der Waals surface area contributed by atoms with Gasteiger partial charge in [0.25, 0.3) is 0 Å². The Hall–Kier alpha value is -0.940. The van der Waals surface area contributed by atoms with Crippen molar-refractivity contribution >= 4 is 11.8 Å². The third kappa shape index (κ3) is 1.93. The van der Waals surface area contributed by atoms with Crippen LogP contribution in [0.15, 0.2) is 0 Å². The van der Waals surface area contributed by atoms with Crippen LogP contribution in [-0.4, -0.2) is 46.2 Å². The molecule has 1 aliphatic heterocycles. The number of rotatable bonds is 3. The predicted molar refractivity (Wildman–Crippen MR) is 48.2 cm³/mol. The topological polar surface area (TPSA) is 77.8 Å². The summed E-state index contributed by atoms with van der Waals surface area (Å²) in [4.78, 5) is 24.0. The van der Waals surface area contributed by atoms with Gasteiger partial charge in [0.1, 0.15) is 0 Å². The molecule has 1 aliphatic rings. The summed E-state index contributed by atoms with van der Waals surface area (Å²) >= 11 is 0. The third-order valence-electron chi connectivity index (χ3n) is 2.32. The van der Waals surface area contributed by atoms with Gasteiger partial charge in [-0.3, -0.25) is 14.5 Å². The first-order chi connectivity index (χ1) is 6.38. The van der Waals surface area contributed by atoms with E-state index in [9.17, 15) is 9.59 Å². The maximum atomic E-state index is 11.6. The van der Waals surface area contributed by atoms with Crippen LogP contribution in [-0.2, 0) is 9.59 Å². The number of nitrogens with zero attached hydrogens (tertiary/aromatic N) is 1. The molecule has 0 bridgehead atoms. The molecular weight excluding hydrogens is 186 g/mol. The maximum Gasteiger partial charge on any atom is 0.235 e. The number of carbonyl (C=O) groups excluding carboxylic acids is 2. The first-order valence-electron chi connectivity index (χ1n) is 4.52. The second kappa shape index (κ2) is 3.67. The van der Waals surface area contributed by atoms with Crippen molar-refractivity contribution in [2.45, 2.75) is 26.4 Å². The average molecular weight is 201 g/mol. The predicted octanol–water partition coefficient (Wildman–Crippen LogP) is -0.875. The van der Waals surface area contributed by atoms with Gasteiger partial charge in [0.2, 0.25) is 11.8 Å². The highest BCUT2D eigenvalue weighted by Gasteiger charge is 2.44. The molecule has 1 fully saturated rings. The van der Waals surface area contributed by atoms with E-state index in [1.54, 1.807) is 13.8 Å². The molecule has 0 aromatic heterocycles. The van der Waals surface area contributed by atoms with Crippen LogP contribution in [0.5, 0.6) is 0 Å². The number of hydrogen-bond donors (Lipinski definition) is 2. The van der Waals surface area contributed by atoms with E-state index in [2.05, 4.69) is 0 Å². The fourth-order valence-electron chi connectivity index (χ4n) is 1.48. The zero-order valence-electron chi connectivity index (χ0n) is 8.36. The van der Waals surface area contributed by atoms with Crippen molar-refractivity contribution in [3.63, 3.8) is 0 Å². The summed E-state index contributed by atoms with van der Waals surface area (Å²) in [5.74, 6) is -0.567. The largest absolute Gasteiger partial charge is 0.394 e. The number of carbonyl (C=O) groups is 2. The minimum Gasteiger partial charge on any atom is -0.394 e. The van der Waals surface area contributed by atoms with Gasteiger partial charge in [0, 0.05) is 6.42 Å². The van der Waals surface area contributed by atoms with Crippen LogP contribution in [0.4, 0.5) is 0 Å². The standard InChI is InChI=1S/C9H15NO4/c1-9(2)3-7(13)10(8(9)14)4-6(12)5-11/h6,11-12H,3-5H2,1-2H3. The lowest BCUT2D eigenvalue weighted by atomic mass is 9.92. The number of β-amino-alcohol motifs (C(OH)–C–C–N with tert-alkyl or cyclic N) is 1. The normalized spacial score (nSPS) is 23.0. The van der Waals surface area contributed by atoms with E-state index in [4.69, 9.17) is 10.2 Å². The van der Waals surface area contributed by atoms with Gasteiger partial charge in [-0.2, -0.15) is 0 Å². The monoisotopic (exact) mass is 201 g/mol. The van der Waals surface area contributed by atoms with Crippen molar-refractivity contribution in [1.82, 2.24) is 4.90 Å². The highest BCUT2D eigenvalue weighted by Crippen LogP contribution is 2.31. The van der Waals surface area contributed by atoms with Gasteiger partial charge >= 0.3 is 0 Å². The third-order valence-corrected chi connectivity index (χ3v) is 2.32. The number of aliphatic hydroxyl groups excluding tert-OH is 2. The molecule has 2 amide bonds. The van der Waals surface area contributed by atoms with E-state index in [1.165, 1.54) is 0 Å². The molecule has 5 nitrogen and oxygen atoms in total. The highest BCUT2D eigenvalue weighted by atomic mass is 16.3. The fraction of sp³-hybridized carbons (Fsp3) is 0.778. The first-order valence-corrected chi connectivity index (χ1v) is 4.52. The summed E-state index contributed by atoms with van der Waals surface area (Å²) in [6.45, 7) is 2.83. The molecular formula is C9H15NO4. The minimum atomic E-state index is -1.04. The number of likely N-dealkylation sites (tertiary alicyclic amines) is 1. The van der Waals surface area contributed by atoms with Crippen molar-refractivity contribution in [1.29, 1.82) is 0 Å². The molecule has 0 spiro atoms. The molecule has 1 atom stereocenters. The molecule has 1 heterocycles. The Balaban J connectivity index is 2.71. The van der Waals surface area contributed by atoms with E-state index in [0.717, 1.165) is 4.90 Å². The van der Waals surface area contributed by atoms with Crippen molar-refractivity contribution in [2.75, 3.05) is 13.2 Å².